The molecule has 55 heavy (non-hydrogen) atoms. The van der Waals surface area contributed by atoms with Gasteiger partial charge >= 0.3 is 5.97 Å². The van der Waals surface area contributed by atoms with Gasteiger partial charge in [-0.15, -0.1) is 0 Å². The number of nitrogens with one attached hydrogen (secondary N) is 2. The second-order valence-corrected chi connectivity index (χ2v) is 14.9. The number of carbonyl (C=O) groups is 4. The third-order valence-electron chi connectivity index (χ3n) is 9.36. The average Bonchev–Trinajstić information content (AvgIpc) is 3.18. The monoisotopic (exact) mass is 756 g/mol. The highest BCUT2D eigenvalue weighted by Gasteiger charge is 2.29. The molecular formula is C43H40N4O7S. The Morgan fingerprint density at radius 1 is 0.709 bits per heavy atom. The Labute approximate surface area is 318 Å². The Morgan fingerprint density at radius 2 is 1.33 bits per heavy atom. The minimum atomic E-state index is -3.80. The number of carbonyl (C=O) groups excluding carboxylic acids is 3. The van der Waals surface area contributed by atoms with Crippen molar-refractivity contribution in [2.24, 2.45) is 5.73 Å². The lowest BCUT2D eigenvalue weighted by atomic mass is 9.86. The highest BCUT2D eigenvalue weighted by atomic mass is 32.2. The van der Waals surface area contributed by atoms with Crippen molar-refractivity contribution in [3.8, 4) is 11.1 Å². The zero-order chi connectivity index (χ0) is 39.3. The van der Waals surface area contributed by atoms with Gasteiger partial charge in [0.25, 0.3) is 11.8 Å². The number of fused-ring (bicyclic) bond motifs is 2. The van der Waals surface area contributed by atoms with E-state index in [1.54, 1.807) is 30.3 Å². The lowest BCUT2D eigenvalue weighted by Gasteiger charge is -2.21. The third-order valence-corrected chi connectivity index (χ3v) is 11.3. The maximum atomic E-state index is 14.2. The maximum absolute atomic E-state index is 14.2. The summed E-state index contributed by atoms with van der Waals surface area (Å²) in [5.41, 5.74) is 6.35. The van der Waals surface area contributed by atoms with E-state index in [4.69, 9.17) is 5.73 Å². The number of amides is 3. The molecule has 0 unspecified atom stereocenters. The van der Waals surface area contributed by atoms with Gasteiger partial charge < -0.3 is 21.5 Å². The van der Waals surface area contributed by atoms with E-state index in [1.807, 2.05) is 56.3 Å². The maximum Gasteiger partial charge on any atom is 0.338 e. The zero-order valence-electron chi connectivity index (χ0n) is 30.3. The van der Waals surface area contributed by atoms with Gasteiger partial charge in [-0.1, -0.05) is 92.7 Å². The van der Waals surface area contributed by atoms with Crippen molar-refractivity contribution in [1.29, 1.82) is 0 Å². The minimum Gasteiger partial charge on any atom is -0.478 e. The molecule has 6 aromatic carbocycles. The molecule has 0 aliphatic carbocycles. The number of primary amides is 1. The van der Waals surface area contributed by atoms with E-state index in [2.05, 4.69) is 10.6 Å². The summed E-state index contributed by atoms with van der Waals surface area (Å²) in [4.78, 5) is 54.1. The number of rotatable bonds is 14. The highest BCUT2D eigenvalue weighted by Crippen LogP contribution is 2.38. The summed E-state index contributed by atoms with van der Waals surface area (Å²) >= 11 is 0. The van der Waals surface area contributed by atoms with Crippen LogP contribution in [0, 0.1) is 0 Å². The van der Waals surface area contributed by atoms with Crippen molar-refractivity contribution in [2.75, 3.05) is 18.4 Å². The van der Waals surface area contributed by atoms with Gasteiger partial charge in [-0.3, -0.25) is 14.4 Å². The molecule has 0 bridgehead atoms. The first-order valence-electron chi connectivity index (χ1n) is 17.8. The number of benzene rings is 6. The summed E-state index contributed by atoms with van der Waals surface area (Å²) < 4.78 is 27.9. The van der Waals surface area contributed by atoms with Crippen molar-refractivity contribution >= 4 is 60.9 Å². The molecular weight excluding hydrogens is 717 g/mol. The molecule has 11 nitrogen and oxygen atoms in total. The van der Waals surface area contributed by atoms with Gasteiger partial charge in [-0.05, 0) is 81.9 Å². The third kappa shape index (κ3) is 7.82. The molecule has 0 aromatic heterocycles. The van der Waals surface area contributed by atoms with Crippen LogP contribution in [-0.4, -0.2) is 54.6 Å². The number of carboxylic acids is 1. The van der Waals surface area contributed by atoms with Crippen LogP contribution in [0.2, 0.25) is 0 Å². The first kappa shape index (κ1) is 38.4. The molecule has 280 valence electrons. The Hall–Kier alpha value is -6.37. The summed E-state index contributed by atoms with van der Waals surface area (Å²) in [6.45, 7) is 4.63. The molecule has 0 fully saturated rings. The number of anilines is 1. The molecule has 6 aromatic rings. The fourth-order valence-electron chi connectivity index (χ4n) is 6.85. The first-order chi connectivity index (χ1) is 26.5. The second-order valence-electron chi connectivity index (χ2n) is 13.0. The molecule has 0 radical (unpaired) electrons. The SMILES string of the molecule is CCCN(CCC)S(=O)(=O)c1ccc(C(=O)Nc2cccc(-c3c(C(=O)NCc4cccc5ccccc45)cc4ccccc4c3C(N)=O)c2C(=O)O)cc1. The Kier molecular flexibility index (Phi) is 11.4. The average molecular weight is 757 g/mol. The van der Waals surface area contributed by atoms with Crippen molar-refractivity contribution in [3.63, 3.8) is 0 Å². The Morgan fingerprint density at radius 3 is 1.98 bits per heavy atom. The van der Waals surface area contributed by atoms with Crippen LogP contribution in [-0.2, 0) is 16.6 Å². The van der Waals surface area contributed by atoms with E-state index in [-0.39, 0.29) is 50.5 Å². The molecule has 5 N–H and O–H groups in total. The standard InChI is InChI=1S/C43H40N4O7S/c1-3-23-47(24-4-2)55(53,54)31-21-19-28(20-22-31)41(49)46-36-18-10-17-34(38(36)43(51)52)37-35(25-29-12-6-8-16-33(29)39(37)40(44)48)42(50)45-26-30-14-9-13-27-11-5-7-15-32(27)30/h5-22,25H,3-4,23-24,26H2,1-2H3,(H2,44,48)(H,45,50)(H,46,49)(H,51,52). The smallest absolute Gasteiger partial charge is 0.338 e. The molecule has 12 heteroatoms. The molecule has 0 saturated heterocycles. The molecule has 0 atom stereocenters. The number of nitrogens with two attached hydrogens (primary N) is 1. The summed E-state index contributed by atoms with van der Waals surface area (Å²) in [6, 6.07) is 31.7. The lowest BCUT2D eigenvalue weighted by molar-refractivity contribution is 0.0698. The van der Waals surface area contributed by atoms with E-state index in [0.29, 0.717) is 36.7 Å². The van der Waals surface area contributed by atoms with Crippen LogP contribution in [0.4, 0.5) is 5.69 Å². The van der Waals surface area contributed by atoms with Gasteiger partial charge in [0.05, 0.1) is 21.7 Å². The van der Waals surface area contributed by atoms with Gasteiger partial charge in [-0.2, -0.15) is 4.31 Å². The predicted octanol–water partition coefficient (Wildman–Crippen LogP) is 7.45. The van der Waals surface area contributed by atoms with Crippen LogP contribution in [0.25, 0.3) is 32.7 Å². The van der Waals surface area contributed by atoms with E-state index in [9.17, 15) is 32.7 Å². The van der Waals surface area contributed by atoms with Gasteiger partial charge in [0.1, 0.15) is 0 Å². The Balaban J connectivity index is 1.41. The van der Waals surface area contributed by atoms with E-state index in [1.165, 1.54) is 46.8 Å². The van der Waals surface area contributed by atoms with Crippen molar-refractivity contribution in [2.45, 2.75) is 38.1 Å². The van der Waals surface area contributed by atoms with Crippen LogP contribution in [0.1, 0.15) is 73.7 Å². The summed E-state index contributed by atoms with van der Waals surface area (Å²) in [5.74, 6) is -3.60. The van der Waals surface area contributed by atoms with Crippen LogP contribution in [0.15, 0.2) is 120 Å². The molecule has 6 rings (SSSR count). The minimum absolute atomic E-state index is 0.00612. The zero-order valence-corrected chi connectivity index (χ0v) is 31.2. The fourth-order valence-corrected chi connectivity index (χ4v) is 8.47. The van der Waals surface area contributed by atoms with Gasteiger partial charge in [-0.25, -0.2) is 13.2 Å². The summed E-state index contributed by atoms with van der Waals surface area (Å²) in [5, 5.41) is 19.1. The molecule has 0 heterocycles. The quantitative estimate of drug-likeness (QED) is 0.0892. The van der Waals surface area contributed by atoms with Gasteiger partial charge in [0.15, 0.2) is 0 Å². The number of hydrogen-bond acceptors (Lipinski definition) is 6. The van der Waals surface area contributed by atoms with Crippen LogP contribution >= 0.6 is 0 Å². The fraction of sp³-hybridized carbons (Fsp3) is 0.163. The number of hydrogen-bond donors (Lipinski definition) is 4. The van der Waals surface area contributed by atoms with Crippen LogP contribution in [0.5, 0.6) is 0 Å². The second kappa shape index (κ2) is 16.3. The number of carboxylic acid groups (broad SMARTS) is 1. The number of aromatic carboxylic acids is 1. The first-order valence-corrected chi connectivity index (χ1v) is 19.3. The van der Waals surface area contributed by atoms with Crippen molar-refractivity contribution < 1.29 is 32.7 Å². The van der Waals surface area contributed by atoms with E-state index >= 15 is 0 Å². The van der Waals surface area contributed by atoms with Crippen LogP contribution < -0.4 is 16.4 Å². The number of sulfonamides is 1. The molecule has 0 aliphatic rings. The number of nitrogens with zero attached hydrogens (tertiary/aromatic N) is 1. The molecule has 0 spiro atoms. The van der Waals surface area contributed by atoms with Crippen molar-refractivity contribution in [1.82, 2.24) is 9.62 Å². The topological polar surface area (TPSA) is 176 Å². The molecule has 0 aliphatic heterocycles. The van der Waals surface area contributed by atoms with Crippen LogP contribution in [0.3, 0.4) is 0 Å². The van der Waals surface area contributed by atoms with E-state index < -0.39 is 33.7 Å². The molecule has 0 saturated carbocycles. The normalized spacial score (nSPS) is 11.5. The van der Waals surface area contributed by atoms with E-state index in [0.717, 1.165) is 16.3 Å². The lowest BCUT2D eigenvalue weighted by Crippen LogP contribution is -2.32. The largest absolute Gasteiger partial charge is 0.478 e. The predicted molar refractivity (Wildman–Crippen MR) is 214 cm³/mol. The van der Waals surface area contributed by atoms with Gasteiger partial charge in [0.2, 0.25) is 15.9 Å². The Bertz CT molecular complexity index is 2560. The molecule has 3 amide bonds. The summed E-state index contributed by atoms with van der Waals surface area (Å²) in [6.07, 6.45) is 1.28. The summed E-state index contributed by atoms with van der Waals surface area (Å²) in [7, 11) is -3.80. The van der Waals surface area contributed by atoms with Gasteiger partial charge in [0, 0.05) is 36.3 Å². The van der Waals surface area contributed by atoms with Crippen molar-refractivity contribution in [3.05, 3.63) is 143 Å². The highest BCUT2D eigenvalue weighted by molar-refractivity contribution is 7.89.